The van der Waals surface area contributed by atoms with Crippen LogP contribution < -0.4 is 0 Å². The normalized spacial score (nSPS) is 15.9. The maximum Gasteiger partial charge on any atom is 0.289 e. The van der Waals surface area contributed by atoms with Crippen LogP contribution in [0.1, 0.15) is 21.7 Å². The van der Waals surface area contributed by atoms with Crippen molar-refractivity contribution in [3.05, 3.63) is 58.3 Å². The zero-order chi connectivity index (χ0) is 16.4. The summed E-state index contributed by atoms with van der Waals surface area (Å²) in [7, 11) is 0. The van der Waals surface area contributed by atoms with E-state index >= 15 is 0 Å². The van der Waals surface area contributed by atoms with Crippen molar-refractivity contribution >= 4 is 17.5 Å². The highest BCUT2D eigenvalue weighted by Crippen LogP contribution is 2.22. The number of piperazine rings is 1. The number of hydrogen-bond acceptors (Lipinski definition) is 3. The van der Waals surface area contributed by atoms with Crippen molar-refractivity contribution in [3.8, 4) is 0 Å². The van der Waals surface area contributed by atoms with Gasteiger partial charge in [-0.05, 0) is 25.1 Å². The fourth-order valence-electron chi connectivity index (χ4n) is 2.75. The Hall–Kier alpha value is -1.85. The second-order valence-corrected chi connectivity index (χ2v) is 6.11. The third-order valence-electron chi connectivity index (χ3n) is 4.16. The molecule has 0 aliphatic carbocycles. The van der Waals surface area contributed by atoms with E-state index in [4.69, 9.17) is 16.0 Å². The van der Waals surface area contributed by atoms with Gasteiger partial charge in [0.1, 0.15) is 5.82 Å². The number of furan rings is 1. The topological polar surface area (TPSA) is 36.7 Å². The van der Waals surface area contributed by atoms with Gasteiger partial charge in [0.05, 0.1) is 6.26 Å². The van der Waals surface area contributed by atoms with E-state index in [1.807, 2.05) is 6.92 Å². The van der Waals surface area contributed by atoms with Crippen LogP contribution in [0.25, 0.3) is 0 Å². The van der Waals surface area contributed by atoms with E-state index in [1.165, 1.54) is 12.3 Å². The van der Waals surface area contributed by atoms with Gasteiger partial charge < -0.3 is 9.32 Å². The lowest BCUT2D eigenvalue weighted by Gasteiger charge is -2.34. The Balaban J connectivity index is 1.61. The molecule has 0 N–H and O–H groups in total. The van der Waals surface area contributed by atoms with Crippen LogP contribution in [-0.4, -0.2) is 41.9 Å². The molecule has 23 heavy (non-hydrogen) atoms. The number of rotatable bonds is 3. The van der Waals surface area contributed by atoms with Crippen LogP contribution in [0.5, 0.6) is 0 Å². The molecule has 0 unspecified atom stereocenters. The molecular formula is C17H18ClFN2O2. The Morgan fingerprint density at radius 2 is 2.00 bits per heavy atom. The first-order chi connectivity index (χ1) is 11.1. The molecule has 3 rings (SSSR count). The van der Waals surface area contributed by atoms with Crippen LogP contribution in [0.15, 0.2) is 34.9 Å². The van der Waals surface area contributed by atoms with Crippen molar-refractivity contribution < 1.29 is 13.6 Å². The summed E-state index contributed by atoms with van der Waals surface area (Å²) in [5.74, 6) is 0.0221. The number of hydrogen-bond donors (Lipinski definition) is 0. The monoisotopic (exact) mass is 336 g/mol. The van der Waals surface area contributed by atoms with Crippen molar-refractivity contribution in [2.75, 3.05) is 26.2 Å². The van der Waals surface area contributed by atoms with Gasteiger partial charge in [0.2, 0.25) is 0 Å². The average Bonchev–Trinajstić information content (AvgIpc) is 2.97. The Kier molecular flexibility index (Phi) is 4.68. The average molecular weight is 337 g/mol. The molecule has 0 saturated carbocycles. The molecule has 122 valence electrons. The van der Waals surface area contributed by atoms with Crippen LogP contribution in [0, 0.1) is 12.7 Å². The van der Waals surface area contributed by atoms with E-state index in [-0.39, 0.29) is 11.7 Å². The van der Waals surface area contributed by atoms with Crippen molar-refractivity contribution in [1.82, 2.24) is 9.80 Å². The second-order valence-electron chi connectivity index (χ2n) is 5.70. The lowest BCUT2D eigenvalue weighted by atomic mass is 10.1. The van der Waals surface area contributed by atoms with Crippen LogP contribution in [-0.2, 0) is 6.54 Å². The number of carbonyl (C=O) groups is 1. The van der Waals surface area contributed by atoms with Gasteiger partial charge >= 0.3 is 0 Å². The Bertz CT molecular complexity index is 688. The van der Waals surface area contributed by atoms with Gasteiger partial charge in [-0.1, -0.05) is 17.7 Å². The van der Waals surface area contributed by atoms with E-state index in [0.717, 1.165) is 5.56 Å². The first-order valence-electron chi connectivity index (χ1n) is 7.55. The predicted octanol–water partition coefficient (Wildman–Crippen LogP) is 3.34. The molecule has 1 fully saturated rings. The van der Waals surface area contributed by atoms with Gasteiger partial charge in [0.25, 0.3) is 5.91 Å². The number of benzene rings is 1. The summed E-state index contributed by atoms with van der Waals surface area (Å²) in [6.07, 6.45) is 1.53. The van der Waals surface area contributed by atoms with Crippen molar-refractivity contribution in [2.24, 2.45) is 0 Å². The van der Waals surface area contributed by atoms with Gasteiger partial charge in [-0.25, -0.2) is 4.39 Å². The molecule has 2 heterocycles. The first-order valence-corrected chi connectivity index (χ1v) is 7.92. The number of aryl methyl sites for hydroxylation is 1. The third kappa shape index (κ3) is 3.41. The molecular weight excluding hydrogens is 319 g/mol. The van der Waals surface area contributed by atoms with Gasteiger partial charge in [-0.15, -0.1) is 0 Å². The SMILES string of the molecule is Cc1ccoc1C(=O)N1CCN(Cc2c(F)cccc2Cl)CC1. The summed E-state index contributed by atoms with van der Waals surface area (Å²) >= 11 is 6.07. The van der Waals surface area contributed by atoms with E-state index in [2.05, 4.69) is 4.90 Å². The first kappa shape index (κ1) is 16.0. The minimum Gasteiger partial charge on any atom is -0.459 e. The maximum absolute atomic E-state index is 13.9. The summed E-state index contributed by atoms with van der Waals surface area (Å²) in [6.45, 7) is 4.84. The number of amides is 1. The third-order valence-corrected chi connectivity index (χ3v) is 4.51. The van der Waals surface area contributed by atoms with E-state index < -0.39 is 0 Å². The van der Waals surface area contributed by atoms with Gasteiger partial charge in [0, 0.05) is 48.9 Å². The van der Waals surface area contributed by atoms with Crippen LogP contribution in [0.4, 0.5) is 4.39 Å². The molecule has 4 nitrogen and oxygen atoms in total. The van der Waals surface area contributed by atoms with Crippen LogP contribution >= 0.6 is 11.6 Å². The lowest BCUT2D eigenvalue weighted by molar-refractivity contribution is 0.0595. The maximum atomic E-state index is 13.9. The Morgan fingerprint density at radius 1 is 1.26 bits per heavy atom. The molecule has 1 aliphatic heterocycles. The Labute approximate surface area is 139 Å². The number of carbonyl (C=O) groups excluding carboxylic acids is 1. The lowest BCUT2D eigenvalue weighted by Crippen LogP contribution is -2.48. The molecule has 0 bridgehead atoms. The van der Waals surface area contributed by atoms with Gasteiger partial charge in [-0.2, -0.15) is 0 Å². The molecule has 1 aliphatic rings. The summed E-state index contributed by atoms with van der Waals surface area (Å²) < 4.78 is 19.1. The molecule has 0 radical (unpaired) electrons. The molecule has 1 aromatic carbocycles. The highest BCUT2D eigenvalue weighted by molar-refractivity contribution is 6.31. The zero-order valence-electron chi connectivity index (χ0n) is 12.9. The molecule has 6 heteroatoms. The summed E-state index contributed by atoms with van der Waals surface area (Å²) in [5, 5.41) is 0.440. The van der Waals surface area contributed by atoms with Gasteiger partial charge in [0.15, 0.2) is 5.76 Å². The largest absolute Gasteiger partial charge is 0.459 e. The fraction of sp³-hybridized carbons (Fsp3) is 0.353. The highest BCUT2D eigenvalue weighted by atomic mass is 35.5. The summed E-state index contributed by atoms with van der Waals surface area (Å²) in [6, 6.07) is 6.49. The molecule has 1 saturated heterocycles. The van der Waals surface area contributed by atoms with E-state index in [1.54, 1.807) is 23.1 Å². The molecule has 1 aromatic heterocycles. The van der Waals surface area contributed by atoms with Crippen LogP contribution in [0.2, 0.25) is 5.02 Å². The summed E-state index contributed by atoms with van der Waals surface area (Å²) in [5.41, 5.74) is 1.35. The fourth-order valence-corrected chi connectivity index (χ4v) is 2.97. The minimum atomic E-state index is -0.290. The van der Waals surface area contributed by atoms with Gasteiger partial charge in [-0.3, -0.25) is 9.69 Å². The number of nitrogens with zero attached hydrogens (tertiary/aromatic N) is 2. The smallest absolute Gasteiger partial charge is 0.289 e. The molecule has 2 aromatic rings. The van der Waals surface area contributed by atoms with Crippen molar-refractivity contribution in [2.45, 2.75) is 13.5 Å². The Morgan fingerprint density at radius 3 is 2.61 bits per heavy atom. The van der Waals surface area contributed by atoms with Crippen molar-refractivity contribution in [1.29, 1.82) is 0 Å². The summed E-state index contributed by atoms with van der Waals surface area (Å²) in [4.78, 5) is 16.3. The highest BCUT2D eigenvalue weighted by Gasteiger charge is 2.25. The standard InChI is InChI=1S/C17H18ClFN2O2/c1-12-5-10-23-16(12)17(22)21-8-6-20(7-9-21)11-13-14(18)3-2-4-15(13)19/h2-5,10H,6-9,11H2,1H3. The minimum absolute atomic E-state index is 0.0870. The van der Waals surface area contributed by atoms with E-state index in [9.17, 15) is 9.18 Å². The number of halogens is 2. The van der Waals surface area contributed by atoms with E-state index in [0.29, 0.717) is 49.1 Å². The molecule has 0 atom stereocenters. The molecule has 1 amide bonds. The predicted molar refractivity (Wildman–Crippen MR) is 86.0 cm³/mol. The second kappa shape index (κ2) is 6.72. The van der Waals surface area contributed by atoms with Crippen molar-refractivity contribution in [3.63, 3.8) is 0 Å². The van der Waals surface area contributed by atoms with Crippen LogP contribution in [0.3, 0.4) is 0 Å². The quantitative estimate of drug-likeness (QED) is 0.862. The zero-order valence-corrected chi connectivity index (χ0v) is 13.6. The molecule has 0 spiro atoms.